The molecule has 2 fully saturated rings. The first-order chi connectivity index (χ1) is 7.68. The van der Waals surface area contributed by atoms with E-state index in [9.17, 15) is 4.79 Å². The molecule has 92 valence electrons. The maximum Gasteiger partial charge on any atom is 0.320 e. The summed E-state index contributed by atoms with van der Waals surface area (Å²) in [7, 11) is 0. The molecule has 0 bridgehead atoms. The molecule has 0 N–H and O–H groups in total. The molecule has 2 atom stereocenters. The van der Waals surface area contributed by atoms with Crippen molar-refractivity contribution in [2.24, 2.45) is 11.8 Å². The Bertz CT molecular complexity index is 248. The summed E-state index contributed by atoms with van der Waals surface area (Å²) >= 11 is 0. The highest BCUT2D eigenvalue weighted by molar-refractivity contribution is 5.74. The van der Waals surface area contributed by atoms with Gasteiger partial charge in [0.05, 0.1) is 0 Å². The molecular weight excluding hydrogens is 200 g/mol. The molecule has 3 heteroatoms. The molecule has 0 aliphatic carbocycles. The van der Waals surface area contributed by atoms with Crippen LogP contribution in [0.15, 0.2) is 0 Å². The predicted molar refractivity (Wildman–Crippen MR) is 65.3 cm³/mol. The molecule has 0 aromatic carbocycles. The minimum atomic E-state index is 0.290. The molecule has 16 heavy (non-hydrogen) atoms. The molecule has 2 heterocycles. The molecule has 0 spiro atoms. The van der Waals surface area contributed by atoms with E-state index in [2.05, 4.69) is 18.7 Å². The van der Waals surface area contributed by atoms with Gasteiger partial charge in [-0.1, -0.05) is 13.8 Å². The van der Waals surface area contributed by atoms with Crippen molar-refractivity contribution in [1.29, 1.82) is 0 Å². The highest BCUT2D eigenvalue weighted by atomic mass is 16.2. The van der Waals surface area contributed by atoms with Gasteiger partial charge in [0.25, 0.3) is 0 Å². The number of hydrogen-bond acceptors (Lipinski definition) is 1. The van der Waals surface area contributed by atoms with Crippen LogP contribution in [0.3, 0.4) is 0 Å². The van der Waals surface area contributed by atoms with Gasteiger partial charge in [-0.05, 0) is 37.5 Å². The Morgan fingerprint density at radius 1 is 0.938 bits per heavy atom. The quantitative estimate of drug-likeness (QED) is 0.620. The number of piperidine rings is 2. The number of rotatable bonds is 0. The van der Waals surface area contributed by atoms with E-state index in [1.54, 1.807) is 0 Å². The zero-order chi connectivity index (χ0) is 11.5. The molecule has 0 aromatic heterocycles. The monoisotopic (exact) mass is 224 g/mol. The highest BCUT2D eigenvalue weighted by Gasteiger charge is 2.29. The van der Waals surface area contributed by atoms with Crippen LogP contribution in [0.2, 0.25) is 0 Å². The average molecular weight is 224 g/mol. The van der Waals surface area contributed by atoms with Crippen LogP contribution < -0.4 is 0 Å². The molecule has 2 aliphatic rings. The van der Waals surface area contributed by atoms with Crippen LogP contribution in [-0.4, -0.2) is 42.0 Å². The highest BCUT2D eigenvalue weighted by Crippen LogP contribution is 2.23. The lowest BCUT2D eigenvalue weighted by Crippen LogP contribution is -2.50. The summed E-state index contributed by atoms with van der Waals surface area (Å²) < 4.78 is 0. The third kappa shape index (κ3) is 2.50. The van der Waals surface area contributed by atoms with Crippen LogP contribution in [0.1, 0.15) is 39.5 Å². The SMILES string of the molecule is CC1CCN(C(=O)N2CCCCC2)CC1C. The first-order valence-electron chi connectivity index (χ1n) is 6.72. The topological polar surface area (TPSA) is 23.6 Å². The van der Waals surface area contributed by atoms with Crippen LogP contribution in [0.4, 0.5) is 4.79 Å². The smallest absolute Gasteiger partial charge is 0.320 e. The number of carbonyl (C=O) groups excluding carboxylic acids is 1. The second-order valence-electron chi connectivity index (χ2n) is 5.52. The third-order valence-corrected chi connectivity index (χ3v) is 4.23. The molecule has 2 aliphatic heterocycles. The maximum atomic E-state index is 12.3. The van der Waals surface area contributed by atoms with Gasteiger partial charge in [0.15, 0.2) is 0 Å². The summed E-state index contributed by atoms with van der Waals surface area (Å²) in [6, 6.07) is 0.290. The van der Waals surface area contributed by atoms with Gasteiger partial charge in [-0.25, -0.2) is 4.79 Å². The van der Waals surface area contributed by atoms with E-state index in [1.165, 1.54) is 25.7 Å². The summed E-state index contributed by atoms with van der Waals surface area (Å²) in [6.07, 6.45) is 4.83. The van der Waals surface area contributed by atoms with E-state index in [4.69, 9.17) is 0 Å². The lowest BCUT2D eigenvalue weighted by atomic mass is 9.89. The van der Waals surface area contributed by atoms with Gasteiger partial charge in [0, 0.05) is 26.2 Å². The Balaban J connectivity index is 1.89. The summed E-state index contributed by atoms with van der Waals surface area (Å²) in [6.45, 7) is 8.42. The summed E-state index contributed by atoms with van der Waals surface area (Å²) in [4.78, 5) is 16.4. The van der Waals surface area contributed by atoms with Crippen molar-refractivity contribution in [3.63, 3.8) is 0 Å². The van der Waals surface area contributed by atoms with Crippen LogP contribution in [0.5, 0.6) is 0 Å². The first-order valence-corrected chi connectivity index (χ1v) is 6.72. The summed E-state index contributed by atoms with van der Waals surface area (Å²) in [5.74, 6) is 1.42. The lowest BCUT2D eigenvalue weighted by Gasteiger charge is -2.39. The number of hydrogen-bond donors (Lipinski definition) is 0. The molecule has 0 radical (unpaired) electrons. The Kier molecular flexibility index (Phi) is 3.72. The van der Waals surface area contributed by atoms with Crippen molar-refractivity contribution in [3.05, 3.63) is 0 Å². The Morgan fingerprint density at radius 3 is 2.25 bits per heavy atom. The van der Waals surface area contributed by atoms with Crippen molar-refractivity contribution in [3.8, 4) is 0 Å². The third-order valence-electron chi connectivity index (χ3n) is 4.23. The molecule has 2 amide bonds. The van der Waals surface area contributed by atoms with E-state index < -0.39 is 0 Å². The zero-order valence-corrected chi connectivity index (χ0v) is 10.6. The maximum absolute atomic E-state index is 12.3. The zero-order valence-electron chi connectivity index (χ0n) is 10.6. The van der Waals surface area contributed by atoms with Gasteiger partial charge in [-0.15, -0.1) is 0 Å². The normalized spacial score (nSPS) is 31.6. The number of nitrogens with zero attached hydrogens (tertiary/aromatic N) is 2. The van der Waals surface area contributed by atoms with E-state index in [-0.39, 0.29) is 0 Å². The number of carbonyl (C=O) groups is 1. The van der Waals surface area contributed by atoms with Crippen LogP contribution in [-0.2, 0) is 0 Å². The molecule has 2 saturated heterocycles. The van der Waals surface area contributed by atoms with Crippen molar-refractivity contribution in [2.45, 2.75) is 39.5 Å². The fourth-order valence-electron chi connectivity index (χ4n) is 2.72. The lowest BCUT2D eigenvalue weighted by molar-refractivity contribution is 0.108. The largest absolute Gasteiger partial charge is 0.325 e. The number of likely N-dealkylation sites (tertiary alicyclic amines) is 2. The van der Waals surface area contributed by atoms with Gasteiger partial charge in [0.2, 0.25) is 0 Å². The Labute approximate surface area is 98.8 Å². The van der Waals surface area contributed by atoms with Crippen LogP contribution in [0, 0.1) is 11.8 Å². The fraction of sp³-hybridized carbons (Fsp3) is 0.923. The van der Waals surface area contributed by atoms with Gasteiger partial charge in [0.1, 0.15) is 0 Å². The number of urea groups is 1. The van der Waals surface area contributed by atoms with Crippen molar-refractivity contribution < 1.29 is 4.79 Å². The van der Waals surface area contributed by atoms with Crippen LogP contribution >= 0.6 is 0 Å². The van der Waals surface area contributed by atoms with E-state index in [0.29, 0.717) is 11.9 Å². The van der Waals surface area contributed by atoms with Gasteiger partial charge in [-0.2, -0.15) is 0 Å². The minimum Gasteiger partial charge on any atom is -0.325 e. The second-order valence-corrected chi connectivity index (χ2v) is 5.52. The van der Waals surface area contributed by atoms with Gasteiger partial charge < -0.3 is 9.80 Å². The van der Waals surface area contributed by atoms with E-state index in [1.807, 2.05) is 4.90 Å². The van der Waals surface area contributed by atoms with Crippen LogP contribution in [0.25, 0.3) is 0 Å². The van der Waals surface area contributed by atoms with Gasteiger partial charge >= 0.3 is 6.03 Å². The molecule has 0 saturated carbocycles. The van der Waals surface area contributed by atoms with E-state index in [0.717, 1.165) is 32.1 Å². The molecule has 0 aromatic rings. The summed E-state index contributed by atoms with van der Waals surface area (Å²) in [5, 5.41) is 0. The van der Waals surface area contributed by atoms with Gasteiger partial charge in [-0.3, -0.25) is 0 Å². The van der Waals surface area contributed by atoms with E-state index >= 15 is 0 Å². The first kappa shape index (κ1) is 11.7. The van der Waals surface area contributed by atoms with Crippen molar-refractivity contribution in [1.82, 2.24) is 9.80 Å². The fourth-order valence-corrected chi connectivity index (χ4v) is 2.72. The second kappa shape index (κ2) is 5.07. The molecule has 2 unspecified atom stereocenters. The minimum absolute atomic E-state index is 0.290. The summed E-state index contributed by atoms with van der Waals surface area (Å²) in [5.41, 5.74) is 0. The predicted octanol–water partition coefficient (Wildman–Crippen LogP) is 2.57. The van der Waals surface area contributed by atoms with Crippen molar-refractivity contribution in [2.75, 3.05) is 26.2 Å². The standard InChI is InChI=1S/C13H24N2O/c1-11-6-9-15(10-12(11)2)13(16)14-7-4-3-5-8-14/h11-12H,3-10H2,1-2H3. The van der Waals surface area contributed by atoms with Crippen molar-refractivity contribution >= 4 is 6.03 Å². The molecule has 3 nitrogen and oxygen atoms in total. The Morgan fingerprint density at radius 2 is 1.62 bits per heavy atom. The number of amides is 2. The Hall–Kier alpha value is -0.730. The average Bonchev–Trinajstić information content (AvgIpc) is 2.33. The molecular formula is C13H24N2O. The molecule has 2 rings (SSSR count).